The summed E-state index contributed by atoms with van der Waals surface area (Å²) in [5.41, 5.74) is 2.45. The second kappa shape index (κ2) is 7.57. The number of piperidine rings is 1. The molecule has 1 radical (unpaired) electrons. The fourth-order valence-corrected chi connectivity index (χ4v) is 3.17. The van der Waals surface area contributed by atoms with Crippen LogP contribution in [0.15, 0.2) is 60.7 Å². The average Bonchev–Trinajstić information content (AvgIpc) is 2.62. The van der Waals surface area contributed by atoms with Gasteiger partial charge in [0.05, 0.1) is 6.10 Å². The molecule has 0 spiro atoms. The van der Waals surface area contributed by atoms with E-state index >= 15 is 0 Å². The van der Waals surface area contributed by atoms with E-state index < -0.39 is 0 Å². The van der Waals surface area contributed by atoms with E-state index in [1.807, 2.05) is 0 Å². The summed E-state index contributed by atoms with van der Waals surface area (Å²) in [4.78, 5) is 0. The third-order valence-electron chi connectivity index (χ3n) is 4.54. The van der Waals surface area contributed by atoms with Gasteiger partial charge in [0.2, 0.25) is 0 Å². The summed E-state index contributed by atoms with van der Waals surface area (Å²) in [6.07, 6.45) is 2.56. The molecule has 1 unspecified atom stereocenters. The second-order valence-electron chi connectivity index (χ2n) is 6.05. The number of nitrogens with zero attached hydrogens (tertiary/aromatic N) is 1. The van der Waals surface area contributed by atoms with Crippen LogP contribution >= 0.6 is 0 Å². The van der Waals surface area contributed by atoms with E-state index in [1.54, 1.807) is 0 Å². The second-order valence-corrected chi connectivity index (χ2v) is 6.05. The van der Waals surface area contributed by atoms with Crippen molar-refractivity contribution in [3.8, 4) is 0 Å². The number of rotatable bonds is 5. The molecule has 1 fully saturated rings. The van der Waals surface area contributed by atoms with Crippen LogP contribution in [0, 0.1) is 5.92 Å². The van der Waals surface area contributed by atoms with E-state index in [4.69, 9.17) is 4.74 Å². The highest BCUT2D eigenvalue weighted by Gasteiger charge is 2.25. The van der Waals surface area contributed by atoms with E-state index in [0.717, 1.165) is 25.9 Å². The van der Waals surface area contributed by atoms with Crippen LogP contribution in [0.1, 0.15) is 37.0 Å². The highest BCUT2D eigenvalue weighted by molar-refractivity contribution is 5.30. The number of hydrogen-bond acceptors (Lipinski definition) is 1. The molecule has 2 aromatic carbocycles. The molecule has 0 saturated carbocycles. The van der Waals surface area contributed by atoms with Crippen molar-refractivity contribution in [3.63, 3.8) is 0 Å². The first-order valence-electron chi connectivity index (χ1n) is 8.23. The van der Waals surface area contributed by atoms with E-state index in [2.05, 4.69) is 72.9 Å². The van der Waals surface area contributed by atoms with Crippen molar-refractivity contribution in [2.45, 2.75) is 32.0 Å². The van der Waals surface area contributed by atoms with Gasteiger partial charge in [-0.05, 0) is 36.8 Å². The molecule has 2 nitrogen and oxygen atoms in total. The van der Waals surface area contributed by atoms with Crippen LogP contribution in [0.2, 0.25) is 0 Å². The lowest BCUT2D eigenvalue weighted by Gasteiger charge is -2.31. The number of hydrogen-bond donors (Lipinski definition) is 0. The predicted octanol–water partition coefficient (Wildman–Crippen LogP) is 4.20. The van der Waals surface area contributed by atoms with Crippen LogP contribution in [0.4, 0.5) is 0 Å². The SMILES string of the molecule is CC(OC(c1ccccc1)c1ccccc1)C1CC[N]CC1. The molecule has 1 saturated heterocycles. The molecule has 1 heterocycles. The minimum atomic E-state index is 0.0104. The van der Waals surface area contributed by atoms with Gasteiger partial charge in [-0.25, -0.2) is 5.32 Å². The van der Waals surface area contributed by atoms with E-state index in [1.165, 1.54) is 11.1 Å². The van der Waals surface area contributed by atoms with Gasteiger partial charge < -0.3 is 4.74 Å². The van der Waals surface area contributed by atoms with E-state index in [0.29, 0.717) is 5.92 Å². The standard InChI is InChI=1S/C20H24NO/c1-16(17-12-14-21-15-13-17)22-20(18-8-4-2-5-9-18)19-10-6-3-7-11-19/h2-11,16-17,20H,12-15H2,1H3. The monoisotopic (exact) mass is 294 g/mol. The van der Waals surface area contributed by atoms with Crippen molar-refractivity contribution in [3.05, 3.63) is 71.8 Å². The highest BCUT2D eigenvalue weighted by atomic mass is 16.5. The lowest BCUT2D eigenvalue weighted by atomic mass is 9.92. The molecule has 2 heteroatoms. The first-order chi connectivity index (χ1) is 10.8. The van der Waals surface area contributed by atoms with Crippen LogP contribution in [-0.4, -0.2) is 19.2 Å². The Morgan fingerprint density at radius 1 is 0.864 bits per heavy atom. The molecule has 0 aliphatic carbocycles. The topological polar surface area (TPSA) is 23.3 Å². The minimum absolute atomic E-state index is 0.0104. The van der Waals surface area contributed by atoms with Gasteiger partial charge in [0.1, 0.15) is 6.10 Å². The normalized spacial score (nSPS) is 17.5. The maximum Gasteiger partial charge on any atom is 0.108 e. The maximum absolute atomic E-state index is 6.52. The van der Waals surface area contributed by atoms with E-state index in [-0.39, 0.29) is 12.2 Å². The molecule has 2 aromatic rings. The molecule has 0 N–H and O–H groups in total. The zero-order valence-corrected chi connectivity index (χ0v) is 13.2. The number of benzene rings is 2. The van der Waals surface area contributed by atoms with Crippen molar-refractivity contribution in [1.29, 1.82) is 0 Å². The molecule has 1 aliphatic rings. The molecule has 22 heavy (non-hydrogen) atoms. The van der Waals surface area contributed by atoms with Crippen molar-refractivity contribution < 1.29 is 4.74 Å². The summed E-state index contributed by atoms with van der Waals surface area (Å²) in [5, 5.41) is 4.45. The Morgan fingerprint density at radius 3 is 1.86 bits per heavy atom. The third-order valence-corrected chi connectivity index (χ3v) is 4.54. The van der Waals surface area contributed by atoms with Gasteiger partial charge in [-0.1, -0.05) is 60.7 Å². The van der Waals surface area contributed by atoms with Gasteiger partial charge in [-0.3, -0.25) is 0 Å². The van der Waals surface area contributed by atoms with Crippen LogP contribution < -0.4 is 5.32 Å². The Hall–Kier alpha value is -1.64. The number of ether oxygens (including phenoxy) is 1. The lowest BCUT2D eigenvalue weighted by molar-refractivity contribution is -0.0227. The van der Waals surface area contributed by atoms with Crippen molar-refractivity contribution in [2.24, 2.45) is 5.92 Å². The van der Waals surface area contributed by atoms with Crippen molar-refractivity contribution in [1.82, 2.24) is 5.32 Å². The summed E-state index contributed by atoms with van der Waals surface area (Å²) >= 11 is 0. The highest BCUT2D eigenvalue weighted by Crippen LogP contribution is 2.30. The van der Waals surface area contributed by atoms with Crippen molar-refractivity contribution >= 4 is 0 Å². The molecular weight excluding hydrogens is 270 g/mol. The van der Waals surface area contributed by atoms with Gasteiger partial charge in [-0.2, -0.15) is 0 Å². The summed E-state index contributed by atoms with van der Waals surface area (Å²) in [6, 6.07) is 21.0. The Labute approximate surface area is 133 Å². The van der Waals surface area contributed by atoms with Gasteiger partial charge in [0.25, 0.3) is 0 Å². The fraction of sp³-hybridized carbons (Fsp3) is 0.400. The van der Waals surface area contributed by atoms with Crippen molar-refractivity contribution in [2.75, 3.05) is 13.1 Å². The molecule has 0 bridgehead atoms. The molecule has 0 aromatic heterocycles. The first-order valence-corrected chi connectivity index (χ1v) is 8.23. The molecule has 3 rings (SSSR count). The Kier molecular flexibility index (Phi) is 5.25. The Morgan fingerprint density at radius 2 is 1.36 bits per heavy atom. The van der Waals surface area contributed by atoms with E-state index in [9.17, 15) is 0 Å². The van der Waals surface area contributed by atoms with Crippen LogP contribution in [0.3, 0.4) is 0 Å². The molecule has 1 aliphatic heterocycles. The van der Waals surface area contributed by atoms with Crippen LogP contribution in [-0.2, 0) is 4.74 Å². The van der Waals surface area contributed by atoms with Gasteiger partial charge in [-0.15, -0.1) is 0 Å². The third kappa shape index (κ3) is 3.76. The summed E-state index contributed by atoms with van der Waals surface area (Å²) < 4.78 is 6.52. The Bertz CT molecular complexity index is 509. The largest absolute Gasteiger partial charge is 0.366 e. The Balaban J connectivity index is 1.79. The average molecular weight is 294 g/mol. The zero-order chi connectivity index (χ0) is 15.2. The molecular formula is C20H24NO. The first kappa shape index (κ1) is 15.3. The van der Waals surface area contributed by atoms with Gasteiger partial charge in [0, 0.05) is 13.1 Å². The van der Waals surface area contributed by atoms with Crippen LogP contribution in [0.5, 0.6) is 0 Å². The smallest absolute Gasteiger partial charge is 0.108 e. The maximum atomic E-state index is 6.52. The summed E-state index contributed by atoms with van der Waals surface area (Å²) in [5.74, 6) is 0.618. The van der Waals surface area contributed by atoms with Crippen LogP contribution in [0.25, 0.3) is 0 Å². The molecule has 1 atom stereocenters. The molecule has 0 amide bonds. The predicted molar refractivity (Wildman–Crippen MR) is 89.9 cm³/mol. The van der Waals surface area contributed by atoms with Gasteiger partial charge >= 0.3 is 0 Å². The molecule has 115 valence electrons. The fourth-order valence-electron chi connectivity index (χ4n) is 3.17. The van der Waals surface area contributed by atoms with Gasteiger partial charge in [0.15, 0.2) is 0 Å². The minimum Gasteiger partial charge on any atom is -0.366 e. The summed E-state index contributed by atoms with van der Waals surface area (Å²) in [6.45, 7) is 4.19. The quantitative estimate of drug-likeness (QED) is 0.810. The lowest BCUT2D eigenvalue weighted by Crippen LogP contribution is -2.31. The zero-order valence-electron chi connectivity index (χ0n) is 13.2. The summed E-state index contributed by atoms with van der Waals surface area (Å²) in [7, 11) is 0.